The van der Waals surface area contributed by atoms with Gasteiger partial charge in [0.2, 0.25) is 0 Å². The molecule has 1 saturated carbocycles. The van der Waals surface area contributed by atoms with Crippen LogP contribution >= 0.6 is 23.2 Å². The van der Waals surface area contributed by atoms with E-state index in [4.69, 9.17) is 23.2 Å². The Bertz CT molecular complexity index is 593. The lowest BCUT2D eigenvalue weighted by atomic mass is 10.2. The largest absolute Gasteiger partial charge is 0.388 e. The molecule has 0 bridgehead atoms. The molecule has 1 fully saturated rings. The molecule has 1 aromatic carbocycles. The molecule has 18 heavy (non-hydrogen) atoms. The van der Waals surface area contributed by atoms with Crippen LogP contribution in [0, 0.1) is 0 Å². The molecule has 2 aromatic rings. The summed E-state index contributed by atoms with van der Waals surface area (Å²) in [6.45, 7) is -0.116. The van der Waals surface area contributed by atoms with Gasteiger partial charge in [-0.3, -0.25) is 0 Å². The summed E-state index contributed by atoms with van der Waals surface area (Å²) in [5.41, 5.74) is 0.792. The van der Waals surface area contributed by atoms with Crippen molar-refractivity contribution in [3.63, 3.8) is 0 Å². The first kappa shape index (κ1) is 12.0. The molecule has 1 aromatic heterocycles. The van der Waals surface area contributed by atoms with Gasteiger partial charge in [-0.05, 0) is 31.0 Å². The number of benzene rings is 1. The standard InChI is InChI=1S/C12H11Cl2N3O/c13-7-1-4-9(10(14)5-7)12-16-15-11(6-18)17(12)8-2-3-8/h1,4-5,8,18H,2-3,6H2. The third-order valence-corrected chi connectivity index (χ3v) is 3.54. The summed E-state index contributed by atoms with van der Waals surface area (Å²) < 4.78 is 1.97. The molecular formula is C12H11Cl2N3O. The van der Waals surface area contributed by atoms with Crippen molar-refractivity contribution in [1.29, 1.82) is 0 Å². The second kappa shape index (κ2) is 4.53. The number of nitrogens with zero attached hydrogens (tertiary/aromatic N) is 3. The Morgan fingerprint density at radius 1 is 1.28 bits per heavy atom. The molecule has 0 saturated heterocycles. The zero-order valence-electron chi connectivity index (χ0n) is 9.48. The van der Waals surface area contributed by atoms with Gasteiger partial charge in [0.25, 0.3) is 0 Å². The third kappa shape index (κ3) is 2.00. The van der Waals surface area contributed by atoms with Crippen molar-refractivity contribution in [2.75, 3.05) is 0 Å². The van der Waals surface area contributed by atoms with E-state index in [0.29, 0.717) is 27.7 Å². The fourth-order valence-corrected chi connectivity index (χ4v) is 2.50. The summed E-state index contributed by atoms with van der Waals surface area (Å²) in [4.78, 5) is 0. The van der Waals surface area contributed by atoms with Crippen molar-refractivity contribution in [1.82, 2.24) is 14.8 Å². The molecule has 4 nitrogen and oxygen atoms in total. The first-order valence-corrected chi connectivity index (χ1v) is 6.46. The van der Waals surface area contributed by atoms with E-state index >= 15 is 0 Å². The number of aliphatic hydroxyl groups is 1. The molecule has 6 heteroatoms. The van der Waals surface area contributed by atoms with Crippen LogP contribution in [0.1, 0.15) is 24.7 Å². The molecule has 0 amide bonds. The lowest BCUT2D eigenvalue weighted by Crippen LogP contribution is -2.03. The highest BCUT2D eigenvalue weighted by Gasteiger charge is 2.30. The summed E-state index contributed by atoms with van der Waals surface area (Å²) >= 11 is 12.1. The minimum absolute atomic E-state index is 0.116. The molecule has 1 aliphatic rings. The van der Waals surface area contributed by atoms with Gasteiger partial charge in [0.15, 0.2) is 11.6 Å². The molecule has 1 N–H and O–H groups in total. The minimum Gasteiger partial charge on any atom is -0.388 e. The number of aliphatic hydroxyl groups excluding tert-OH is 1. The Kier molecular flexibility index (Phi) is 3.01. The van der Waals surface area contributed by atoms with Gasteiger partial charge in [-0.25, -0.2) is 0 Å². The topological polar surface area (TPSA) is 50.9 Å². The van der Waals surface area contributed by atoms with E-state index in [1.807, 2.05) is 10.6 Å². The normalized spacial score (nSPS) is 15.1. The van der Waals surface area contributed by atoms with Gasteiger partial charge in [-0.15, -0.1) is 10.2 Å². The van der Waals surface area contributed by atoms with Crippen LogP contribution in [0.2, 0.25) is 10.0 Å². The van der Waals surface area contributed by atoms with Crippen molar-refractivity contribution in [3.05, 3.63) is 34.1 Å². The highest BCUT2D eigenvalue weighted by Crippen LogP contribution is 2.40. The lowest BCUT2D eigenvalue weighted by molar-refractivity contribution is 0.265. The van der Waals surface area contributed by atoms with Crippen LogP contribution in [0.15, 0.2) is 18.2 Å². The van der Waals surface area contributed by atoms with Gasteiger partial charge in [0.1, 0.15) is 6.61 Å². The van der Waals surface area contributed by atoms with Crippen LogP contribution in [0.3, 0.4) is 0 Å². The molecule has 0 spiro atoms. The lowest BCUT2D eigenvalue weighted by Gasteiger charge is -2.09. The zero-order valence-corrected chi connectivity index (χ0v) is 11.0. The highest BCUT2D eigenvalue weighted by molar-refractivity contribution is 6.36. The van der Waals surface area contributed by atoms with Gasteiger partial charge >= 0.3 is 0 Å². The molecule has 0 aliphatic heterocycles. The number of aromatic nitrogens is 3. The maximum Gasteiger partial charge on any atom is 0.165 e. The molecule has 0 unspecified atom stereocenters. The van der Waals surface area contributed by atoms with E-state index in [1.54, 1.807) is 12.1 Å². The summed E-state index contributed by atoms with van der Waals surface area (Å²) in [5.74, 6) is 1.28. The first-order valence-electron chi connectivity index (χ1n) is 5.70. The van der Waals surface area contributed by atoms with E-state index in [9.17, 15) is 5.11 Å². The van der Waals surface area contributed by atoms with E-state index < -0.39 is 0 Å². The maximum absolute atomic E-state index is 9.29. The smallest absolute Gasteiger partial charge is 0.165 e. The molecule has 3 rings (SSSR count). The van der Waals surface area contributed by atoms with Crippen LogP contribution in [-0.4, -0.2) is 19.9 Å². The second-order valence-corrected chi connectivity index (χ2v) is 5.17. The molecule has 1 heterocycles. The van der Waals surface area contributed by atoms with E-state index in [2.05, 4.69) is 10.2 Å². The van der Waals surface area contributed by atoms with Crippen molar-refractivity contribution in [3.8, 4) is 11.4 Å². The van der Waals surface area contributed by atoms with Gasteiger partial charge in [0.05, 0.1) is 5.02 Å². The Morgan fingerprint density at radius 3 is 2.67 bits per heavy atom. The van der Waals surface area contributed by atoms with Crippen LogP contribution < -0.4 is 0 Å². The summed E-state index contributed by atoms with van der Waals surface area (Å²) in [5, 5.41) is 18.6. The van der Waals surface area contributed by atoms with Crippen LogP contribution in [0.5, 0.6) is 0 Å². The van der Waals surface area contributed by atoms with Crippen molar-refractivity contribution in [2.45, 2.75) is 25.5 Å². The third-order valence-electron chi connectivity index (χ3n) is 2.99. The first-order chi connectivity index (χ1) is 8.70. The summed E-state index contributed by atoms with van der Waals surface area (Å²) in [7, 11) is 0. The number of rotatable bonds is 3. The van der Waals surface area contributed by atoms with E-state index in [0.717, 1.165) is 18.4 Å². The monoisotopic (exact) mass is 283 g/mol. The van der Waals surface area contributed by atoms with E-state index in [1.165, 1.54) is 0 Å². The average molecular weight is 284 g/mol. The number of halogens is 2. The minimum atomic E-state index is -0.116. The highest BCUT2D eigenvalue weighted by atomic mass is 35.5. The van der Waals surface area contributed by atoms with E-state index in [-0.39, 0.29) is 6.61 Å². The predicted octanol–water partition coefficient (Wildman–Crippen LogP) is 3.08. The van der Waals surface area contributed by atoms with Crippen molar-refractivity contribution < 1.29 is 5.11 Å². The predicted molar refractivity (Wildman–Crippen MR) is 69.7 cm³/mol. The molecular weight excluding hydrogens is 273 g/mol. The van der Waals surface area contributed by atoms with Gasteiger partial charge in [-0.1, -0.05) is 23.2 Å². The van der Waals surface area contributed by atoms with Crippen LogP contribution in [0.4, 0.5) is 0 Å². The molecule has 1 aliphatic carbocycles. The number of hydrogen-bond donors (Lipinski definition) is 1. The van der Waals surface area contributed by atoms with Crippen molar-refractivity contribution in [2.24, 2.45) is 0 Å². The van der Waals surface area contributed by atoms with Gasteiger partial charge < -0.3 is 9.67 Å². The average Bonchev–Trinajstić information content (AvgIpc) is 3.09. The Morgan fingerprint density at radius 2 is 2.06 bits per heavy atom. The molecule has 0 atom stereocenters. The Hall–Kier alpha value is -1.10. The molecule has 94 valence electrons. The maximum atomic E-state index is 9.29. The van der Waals surface area contributed by atoms with Crippen molar-refractivity contribution >= 4 is 23.2 Å². The van der Waals surface area contributed by atoms with Gasteiger partial charge in [-0.2, -0.15) is 0 Å². The fourth-order valence-electron chi connectivity index (χ4n) is 2.00. The SMILES string of the molecule is OCc1nnc(-c2ccc(Cl)cc2Cl)n1C1CC1. The Balaban J connectivity index is 2.13. The Labute approximate surface area is 114 Å². The molecule has 0 radical (unpaired) electrons. The van der Waals surface area contributed by atoms with Gasteiger partial charge in [0, 0.05) is 16.6 Å². The summed E-state index contributed by atoms with van der Waals surface area (Å²) in [6.07, 6.45) is 2.17. The summed E-state index contributed by atoms with van der Waals surface area (Å²) in [6, 6.07) is 5.66. The number of hydrogen-bond acceptors (Lipinski definition) is 3. The zero-order chi connectivity index (χ0) is 12.7. The quantitative estimate of drug-likeness (QED) is 0.942. The van der Waals surface area contributed by atoms with Crippen LogP contribution in [0.25, 0.3) is 11.4 Å². The second-order valence-electron chi connectivity index (χ2n) is 4.32. The van der Waals surface area contributed by atoms with Crippen LogP contribution in [-0.2, 0) is 6.61 Å². The fraction of sp³-hybridized carbons (Fsp3) is 0.333.